The number of aliphatic imine (C=N–C) groups is 1. The highest BCUT2D eigenvalue weighted by Crippen LogP contribution is 2.29. The minimum Gasteiger partial charge on any atom is -0.375 e. The Morgan fingerprint density at radius 2 is 1.85 bits per heavy atom. The molecule has 0 amide bonds. The molecule has 0 aromatic rings. The van der Waals surface area contributed by atoms with Crippen LogP contribution in [0.5, 0.6) is 0 Å². The lowest BCUT2D eigenvalue weighted by Crippen LogP contribution is -2.50. The molecule has 0 bridgehead atoms. The Balaban J connectivity index is 2.08. The quantitative estimate of drug-likeness (QED) is 0.788. The third-order valence-corrected chi connectivity index (χ3v) is 4.59. The van der Waals surface area contributed by atoms with E-state index in [-0.39, 0.29) is 6.10 Å². The van der Waals surface area contributed by atoms with Crippen LogP contribution in [0.4, 0.5) is 0 Å². The zero-order valence-electron chi connectivity index (χ0n) is 13.6. The fourth-order valence-electron chi connectivity index (χ4n) is 3.02. The molecule has 0 aromatic carbocycles. The predicted octanol–water partition coefficient (Wildman–Crippen LogP) is 2.02. The molecule has 0 aromatic heterocycles. The molecule has 1 fully saturated rings. The standard InChI is InChI=1S/C16H29N3O/c1-12(2)15-10-14(11-17-16(15)13(3)20-5)19-8-6-18(4)7-9-19/h11-14H,6-10H2,1-5H3/t13-,14+/m0/s1. The highest BCUT2D eigenvalue weighted by atomic mass is 16.5. The first-order valence-corrected chi connectivity index (χ1v) is 7.75. The second-order valence-corrected chi connectivity index (χ2v) is 6.33. The van der Waals surface area contributed by atoms with Crippen molar-refractivity contribution in [2.45, 2.75) is 39.3 Å². The van der Waals surface area contributed by atoms with Crippen LogP contribution in [0.2, 0.25) is 0 Å². The highest BCUT2D eigenvalue weighted by molar-refractivity contribution is 5.69. The average molecular weight is 279 g/mol. The van der Waals surface area contributed by atoms with Crippen LogP contribution in [0.15, 0.2) is 16.3 Å². The molecule has 0 unspecified atom stereocenters. The number of hydrogen-bond acceptors (Lipinski definition) is 4. The van der Waals surface area contributed by atoms with Gasteiger partial charge in [0.25, 0.3) is 0 Å². The molecule has 114 valence electrons. The van der Waals surface area contributed by atoms with Gasteiger partial charge >= 0.3 is 0 Å². The Kier molecular flexibility index (Phi) is 5.35. The maximum absolute atomic E-state index is 5.47. The zero-order valence-corrected chi connectivity index (χ0v) is 13.6. The van der Waals surface area contributed by atoms with Crippen molar-refractivity contribution in [3.05, 3.63) is 11.3 Å². The van der Waals surface area contributed by atoms with Crippen LogP contribution in [0.1, 0.15) is 27.2 Å². The van der Waals surface area contributed by atoms with Gasteiger partial charge in [0, 0.05) is 45.5 Å². The lowest BCUT2D eigenvalue weighted by molar-refractivity contribution is 0.130. The fourth-order valence-corrected chi connectivity index (χ4v) is 3.02. The van der Waals surface area contributed by atoms with Crippen LogP contribution in [0.3, 0.4) is 0 Å². The molecule has 2 heterocycles. The third kappa shape index (κ3) is 3.48. The van der Waals surface area contributed by atoms with Crippen molar-refractivity contribution in [2.75, 3.05) is 40.3 Å². The molecule has 2 aliphatic rings. The maximum atomic E-state index is 5.47. The number of ether oxygens (including phenoxy) is 1. The van der Waals surface area contributed by atoms with Gasteiger partial charge in [-0.3, -0.25) is 9.89 Å². The van der Waals surface area contributed by atoms with Crippen molar-refractivity contribution >= 4 is 6.21 Å². The van der Waals surface area contributed by atoms with Crippen LogP contribution in [0.25, 0.3) is 0 Å². The predicted molar refractivity (Wildman–Crippen MR) is 84.3 cm³/mol. The molecular weight excluding hydrogens is 250 g/mol. The summed E-state index contributed by atoms with van der Waals surface area (Å²) >= 11 is 0. The summed E-state index contributed by atoms with van der Waals surface area (Å²) in [4.78, 5) is 9.72. The lowest BCUT2D eigenvalue weighted by atomic mass is 9.90. The van der Waals surface area contributed by atoms with Gasteiger partial charge in [-0.05, 0) is 31.9 Å². The number of rotatable bonds is 4. The van der Waals surface area contributed by atoms with E-state index in [1.807, 2.05) is 0 Å². The Bertz CT molecular complexity index is 381. The topological polar surface area (TPSA) is 28.1 Å². The van der Waals surface area contributed by atoms with Crippen LogP contribution in [-0.2, 0) is 4.74 Å². The van der Waals surface area contributed by atoms with Gasteiger partial charge in [-0.1, -0.05) is 13.8 Å². The first kappa shape index (κ1) is 15.7. The van der Waals surface area contributed by atoms with E-state index in [4.69, 9.17) is 9.73 Å². The Hall–Kier alpha value is -0.710. The lowest BCUT2D eigenvalue weighted by Gasteiger charge is -2.38. The van der Waals surface area contributed by atoms with E-state index in [9.17, 15) is 0 Å². The molecule has 0 spiro atoms. The van der Waals surface area contributed by atoms with E-state index < -0.39 is 0 Å². The largest absolute Gasteiger partial charge is 0.375 e. The van der Waals surface area contributed by atoms with Crippen molar-refractivity contribution < 1.29 is 4.74 Å². The summed E-state index contributed by atoms with van der Waals surface area (Å²) in [6.07, 6.45) is 3.34. The monoisotopic (exact) mass is 279 g/mol. The van der Waals surface area contributed by atoms with Gasteiger partial charge in [0.05, 0.1) is 11.8 Å². The van der Waals surface area contributed by atoms with Crippen LogP contribution < -0.4 is 0 Å². The molecule has 20 heavy (non-hydrogen) atoms. The van der Waals surface area contributed by atoms with Crippen LogP contribution in [0, 0.1) is 5.92 Å². The average Bonchev–Trinajstić information content (AvgIpc) is 2.46. The molecule has 4 heteroatoms. The van der Waals surface area contributed by atoms with Gasteiger partial charge in [-0.2, -0.15) is 0 Å². The van der Waals surface area contributed by atoms with E-state index in [0.717, 1.165) is 38.3 Å². The number of likely N-dealkylation sites (N-methyl/N-ethyl adjacent to an activating group) is 1. The van der Waals surface area contributed by atoms with E-state index in [2.05, 4.69) is 43.8 Å². The van der Waals surface area contributed by atoms with Crippen molar-refractivity contribution in [3.8, 4) is 0 Å². The second-order valence-electron chi connectivity index (χ2n) is 6.33. The zero-order chi connectivity index (χ0) is 14.7. The summed E-state index contributed by atoms with van der Waals surface area (Å²) in [6, 6.07) is 0.467. The number of methoxy groups -OCH3 is 1. The molecule has 2 rings (SSSR count). The number of nitrogens with zero attached hydrogens (tertiary/aromatic N) is 3. The van der Waals surface area contributed by atoms with E-state index in [1.54, 1.807) is 7.11 Å². The first-order valence-electron chi connectivity index (χ1n) is 7.75. The van der Waals surface area contributed by atoms with Crippen molar-refractivity contribution in [1.29, 1.82) is 0 Å². The van der Waals surface area contributed by atoms with Gasteiger partial charge in [-0.25, -0.2) is 0 Å². The highest BCUT2D eigenvalue weighted by Gasteiger charge is 2.28. The minimum absolute atomic E-state index is 0.0945. The van der Waals surface area contributed by atoms with Gasteiger partial charge in [0.15, 0.2) is 0 Å². The fraction of sp³-hybridized carbons (Fsp3) is 0.812. The van der Waals surface area contributed by atoms with Crippen LogP contribution in [-0.4, -0.2) is 68.5 Å². The van der Waals surface area contributed by atoms with Crippen molar-refractivity contribution in [2.24, 2.45) is 10.9 Å². The second kappa shape index (κ2) is 6.83. The first-order chi connectivity index (χ1) is 9.52. The van der Waals surface area contributed by atoms with E-state index in [0.29, 0.717) is 12.0 Å². The Morgan fingerprint density at radius 3 is 2.40 bits per heavy atom. The molecule has 0 saturated carbocycles. The SMILES string of the molecule is CO[C@@H](C)C1=C(C(C)C)C[C@@H](N2CCN(C)CC2)C=N1. The molecule has 0 aliphatic carbocycles. The van der Waals surface area contributed by atoms with Gasteiger partial charge in [0.2, 0.25) is 0 Å². The summed E-state index contributed by atoms with van der Waals surface area (Å²) in [6.45, 7) is 11.2. The van der Waals surface area contributed by atoms with Crippen molar-refractivity contribution in [1.82, 2.24) is 9.80 Å². The normalized spacial score (nSPS) is 27.4. The molecule has 2 atom stereocenters. The number of piperazine rings is 1. The summed E-state index contributed by atoms with van der Waals surface area (Å²) in [5, 5.41) is 0. The summed E-state index contributed by atoms with van der Waals surface area (Å²) in [5.41, 5.74) is 2.61. The van der Waals surface area contributed by atoms with Gasteiger partial charge in [-0.15, -0.1) is 0 Å². The number of hydrogen-bond donors (Lipinski definition) is 0. The molecule has 1 saturated heterocycles. The van der Waals surface area contributed by atoms with Gasteiger partial charge in [0.1, 0.15) is 0 Å². The summed E-state index contributed by atoms with van der Waals surface area (Å²) in [5.74, 6) is 0.537. The van der Waals surface area contributed by atoms with Crippen LogP contribution >= 0.6 is 0 Å². The summed E-state index contributed by atoms with van der Waals surface area (Å²) < 4.78 is 5.47. The summed E-state index contributed by atoms with van der Waals surface area (Å²) in [7, 11) is 3.96. The Morgan fingerprint density at radius 1 is 1.20 bits per heavy atom. The maximum Gasteiger partial charge on any atom is 0.0962 e. The van der Waals surface area contributed by atoms with Gasteiger partial charge < -0.3 is 9.64 Å². The molecular formula is C16H29N3O. The van der Waals surface area contributed by atoms with Crippen molar-refractivity contribution in [3.63, 3.8) is 0 Å². The molecule has 0 N–H and O–H groups in total. The van der Waals surface area contributed by atoms with E-state index in [1.165, 1.54) is 5.57 Å². The molecule has 2 aliphatic heterocycles. The van der Waals surface area contributed by atoms with E-state index >= 15 is 0 Å². The smallest absolute Gasteiger partial charge is 0.0962 e. The molecule has 0 radical (unpaired) electrons. The third-order valence-electron chi connectivity index (χ3n) is 4.59. The molecule has 4 nitrogen and oxygen atoms in total. The minimum atomic E-state index is 0.0945. The Labute approximate surface area is 123 Å².